The highest BCUT2D eigenvalue weighted by Crippen LogP contribution is 2.11. The number of para-hydroxylation sites is 1. The first-order valence-electron chi connectivity index (χ1n) is 6.84. The van der Waals surface area contributed by atoms with Crippen LogP contribution in [0.5, 0.6) is 6.01 Å². The fraction of sp³-hybridized carbons (Fsp3) is 0.0625. The van der Waals surface area contributed by atoms with Gasteiger partial charge in [-0.15, -0.1) is 0 Å². The molecule has 0 spiro atoms. The van der Waals surface area contributed by atoms with Gasteiger partial charge in [-0.2, -0.15) is 15.0 Å². The van der Waals surface area contributed by atoms with Gasteiger partial charge in [-0.05, 0) is 17.7 Å². The van der Waals surface area contributed by atoms with Crippen molar-refractivity contribution in [1.29, 1.82) is 0 Å². The standard InChI is InChI=1S/C16H15N5O/c22-16-18-14(11-12-7-3-1-4-8-12)17-15(19-16)21-20-13-9-5-2-6-10-13/h1-10,20H,11H2,(H2,17,18,19,21,22). The molecule has 0 aliphatic rings. The number of benzene rings is 2. The number of nitrogens with zero attached hydrogens (tertiary/aromatic N) is 3. The van der Waals surface area contributed by atoms with Crippen LogP contribution in [0.4, 0.5) is 11.6 Å². The molecule has 0 radical (unpaired) electrons. The molecule has 0 aliphatic carbocycles. The summed E-state index contributed by atoms with van der Waals surface area (Å²) in [5.74, 6) is 0.762. The van der Waals surface area contributed by atoms with E-state index in [1.54, 1.807) is 0 Å². The molecule has 0 fully saturated rings. The van der Waals surface area contributed by atoms with E-state index in [1.165, 1.54) is 0 Å². The third-order valence-corrected chi connectivity index (χ3v) is 2.97. The van der Waals surface area contributed by atoms with Gasteiger partial charge in [-0.1, -0.05) is 48.5 Å². The number of rotatable bonds is 5. The van der Waals surface area contributed by atoms with Crippen molar-refractivity contribution in [1.82, 2.24) is 15.0 Å². The molecule has 0 unspecified atom stereocenters. The average Bonchev–Trinajstić information content (AvgIpc) is 2.54. The van der Waals surface area contributed by atoms with E-state index in [1.807, 2.05) is 60.7 Å². The Hall–Kier alpha value is -3.15. The molecule has 0 atom stereocenters. The molecule has 2 aromatic carbocycles. The van der Waals surface area contributed by atoms with Gasteiger partial charge in [0.2, 0.25) is 5.95 Å². The minimum absolute atomic E-state index is 0.266. The first kappa shape index (κ1) is 13.8. The van der Waals surface area contributed by atoms with Crippen LogP contribution in [-0.2, 0) is 6.42 Å². The van der Waals surface area contributed by atoms with Crippen molar-refractivity contribution in [2.24, 2.45) is 0 Å². The van der Waals surface area contributed by atoms with Gasteiger partial charge in [0.25, 0.3) is 0 Å². The SMILES string of the molecule is Oc1nc(Cc2ccccc2)nc(NNc2ccccc2)n1. The van der Waals surface area contributed by atoms with Crippen molar-refractivity contribution >= 4 is 11.6 Å². The van der Waals surface area contributed by atoms with E-state index in [2.05, 4.69) is 25.8 Å². The molecule has 3 rings (SSSR count). The van der Waals surface area contributed by atoms with Gasteiger partial charge in [0, 0.05) is 6.42 Å². The molecular formula is C16H15N5O. The van der Waals surface area contributed by atoms with Gasteiger partial charge in [0.1, 0.15) is 5.82 Å². The van der Waals surface area contributed by atoms with Crippen LogP contribution in [0.25, 0.3) is 0 Å². The van der Waals surface area contributed by atoms with Gasteiger partial charge in [0.15, 0.2) is 0 Å². The van der Waals surface area contributed by atoms with Crippen LogP contribution < -0.4 is 10.9 Å². The second-order valence-corrected chi connectivity index (χ2v) is 4.65. The maximum Gasteiger partial charge on any atom is 0.319 e. The molecule has 0 saturated heterocycles. The topological polar surface area (TPSA) is 83.0 Å². The zero-order chi connectivity index (χ0) is 15.2. The van der Waals surface area contributed by atoms with Crippen LogP contribution in [-0.4, -0.2) is 20.1 Å². The monoisotopic (exact) mass is 293 g/mol. The van der Waals surface area contributed by atoms with Crippen molar-refractivity contribution in [3.8, 4) is 6.01 Å². The summed E-state index contributed by atoms with van der Waals surface area (Å²) in [6.45, 7) is 0. The summed E-state index contributed by atoms with van der Waals surface area (Å²) in [7, 11) is 0. The summed E-state index contributed by atoms with van der Waals surface area (Å²) >= 11 is 0. The molecular weight excluding hydrogens is 278 g/mol. The van der Waals surface area contributed by atoms with E-state index in [-0.39, 0.29) is 12.0 Å². The molecule has 6 nitrogen and oxygen atoms in total. The van der Waals surface area contributed by atoms with Crippen molar-refractivity contribution in [3.63, 3.8) is 0 Å². The summed E-state index contributed by atoms with van der Waals surface area (Å²) in [6, 6.07) is 19.1. The Morgan fingerprint density at radius 1 is 0.773 bits per heavy atom. The predicted octanol–water partition coefficient (Wildman–Crippen LogP) is 2.61. The molecule has 1 aromatic heterocycles. The predicted molar refractivity (Wildman–Crippen MR) is 84.4 cm³/mol. The molecule has 22 heavy (non-hydrogen) atoms. The Bertz CT molecular complexity index is 734. The molecule has 0 amide bonds. The Labute approximate surface area is 127 Å². The molecule has 110 valence electrons. The smallest absolute Gasteiger partial charge is 0.319 e. The molecule has 6 heteroatoms. The molecule has 0 saturated carbocycles. The van der Waals surface area contributed by atoms with E-state index in [0.717, 1.165) is 11.3 Å². The highest BCUT2D eigenvalue weighted by atomic mass is 16.3. The number of hydrazine groups is 1. The number of aromatic hydroxyl groups is 1. The summed E-state index contributed by atoms with van der Waals surface area (Å²) < 4.78 is 0. The van der Waals surface area contributed by atoms with Gasteiger partial charge in [-0.25, -0.2) is 0 Å². The van der Waals surface area contributed by atoms with E-state index in [4.69, 9.17) is 0 Å². The lowest BCUT2D eigenvalue weighted by molar-refractivity contribution is 0.426. The minimum atomic E-state index is -0.307. The van der Waals surface area contributed by atoms with Gasteiger partial charge in [-0.3, -0.25) is 10.9 Å². The van der Waals surface area contributed by atoms with Crippen LogP contribution in [0.3, 0.4) is 0 Å². The Morgan fingerprint density at radius 3 is 2.18 bits per heavy atom. The lowest BCUT2D eigenvalue weighted by Crippen LogP contribution is -2.13. The Morgan fingerprint density at radius 2 is 1.45 bits per heavy atom. The van der Waals surface area contributed by atoms with Crippen LogP contribution in [0.2, 0.25) is 0 Å². The highest BCUT2D eigenvalue weighted by Gasteiger charge is 2.06. The van der Waals surface area contributed by atoms with Crippen molar-refractivity contribution in [2.75, 3.05) is 10.9 Å². The zero-order valence-electron chi connectivity index (χ0n) is 11.8. The Balaban J connectivity index is 1.72. The van der Waals surface area contributed by atoms with E-state index in [9.17, 15) is 5.11 Å². The van der Waals surface area contributed by atoms with Crippen LogP contribution >= 0.6 is 0 Å². The first-order chi connectivity index (χ1) is 10.8. The molecule has 0 bridgehead atoms. The van der Waals surface area contributed by atoms with E-state index < -0.39 is 0 Å². The second kappa shape index (κ2) is 6.53. The van der Waals surface area contributed by atoms with Gasteiger partial charge >= 0.3 is 6.01 Å². The second-order valence-electron chi connectivity index (χ2n) is 4.65. The number of aromatic nitrogens is 3. The van der Waals surface area contributed by atoms with Gasteiger partial charge in [0.05, 0.1) is 5.69 Å². The van der Waals surface area contributed by atoms with Crippen LogP contribution in [0, 0.1) is 0 Å². The molecule has 3 N–H and O–H groups in total. The summed E-state index contributed by atoms with van der Waals surface area (Å²) in [4.78, 5) is 12.1. The van der Waals surface area contributed by atoms with E-state index in [0.29, 0.717) is 12.2 Å². The third kappa shape index (κ3) is 3.69. The molecule has 3 aromatic rings. The fourth-order valence-electron chi connectivity index (χ4n) is 1.97. The summed E-state index contributed by atoms with van der Waals surface area (Å²) in [5.41, 5.74) is 7.75. The average molecular weight is 293 g/mol. The summed E-state index contributed by atoms with van der Waals surface area (Å²) in [6.07, 6.45) is 0.525. The lowest BCUT2D eigenvalue weighted by atomic mass is 10.1. The molecule has 0 aliphatic heterocycles. The van der Waals surface area contributed by atoms with E-state index >= 15 is 0 Å². The highest BCUT2D eigenvalue weighted by molar-refractivity contribution is 5.47. The largest absolute Gasteiger partial charge is 0.479 e. The van der Waals surface area contributed by atoms with Crippen molar-refractivity contribution in [2.45, 2.75) is 6.42 Å². The molecule has 1 heterocycles. The zero-order valence-corrected chi connectivity index (χ0v) is 11.8. The van der Waals surface area contributed by atoms with Crippen LogP contribution in [0.1, 0.15) is 11.4 Å². The maximum absolute atomic E-state index is 9.64. The van der Waals surface area contributed by atoms with Crippen LogP contribution in [0.15, 0.2) is 60.7 Å². The Kier molecular flexibility index (Phi) is 4.10. The van der Waals surface area contributed by atoms with Crippen molar-refractivity contribution in [3.05, 3.63) is 72.1 Å². The number of nitrogens with one attached hydrogen (secondary N) is 2. The number of hydrogen-bond acceptors (Lipinski definition) is 6. The minimum Gasteiger partial charge on any atom is -0.479 e. The van der Waals surface area contributed by atoms with Gasteiger partial charge < -0.3 is 5.11 Å². The third-order valence-electron chi connectivity index (χ3n) is 2.97. The fourth-order valence-corrected chi connectivity index (χ4v) is 1.97. The normalized spacial score (nSPS) is 10.2. The first-order valence-corrected chi connectivity index (χ1v) is 6.84. The van der Waals surface area contributed by atoms with Crippen molar-refractivity contribution < 1.29 is 5.11 Å². The number of anilines is 2. The quantitative estimate of drug-likeness (QED) is 0.627. The maximum atomic E-state index is 9.64. The lowest BCUT2D eigenvalue weighted by Gasteiger charge is -2.09. The number of hydrogen-bond donors (Lipinski definition) is 3. The summed E-state index contributed by atoms with van der Waals surface area (Å²) in [5, 5.41) is 9.64.